The van der Waals surface area contributed by atoms with Crippen LogP contribution in [0.15, 0.2) is 78.9 Å². The van der Waals surface area contributed by atoms with Gasteiger partial charge in [0.25, 0.3) is 0 Å². The summed E-state index contributed by atoms with van der Waals surface area (Å²) in [5.41, 5.74) is 5.21. The molecule has 2 heterocycles. The molecule has 4 aromatic rings. The van der Waals surface area contributed by atoms with Gasteiger partial charge in [0.2, 0.25) is 0 Å². The molecule has 0 fully saturated rings. The zero-order valence-corrected chi connectivity index (χ0v) is 21.0. The van der Waals surface area contributed by atoms with Gasteiger partial charge in [-0.2, -0.15) is 5.10 Å². The number of fused-ring (bicyclic) bond motifs is 1. The predicted molar refractivity (Wildman–Crippen MR) is 141 cm³/mol. The summed E-state index contributed by atoms with van der Waals surface area (Å²) >= 11 is 0. The molecule has 0 spiro atoms. The number of nitrogens with zero attached hydrogens (tertiary/aromatic N) is 4. The number of methoxy groups -OCH3 is 1. The first kappa shape index (κ1) is 24.5. The van der Waals surface area contributed by atoms with E-state index in [1.54, 1.807) is 25.1 Å². The maximum Gasteiger partial charge on any atom is 0.321 e. The van der Waals surface area contributed by atoms with Crippen LogP contribution in [-0.2, 0) is 26.1 Å². The normalized spacial score (nSPS) is 13.2. The minimum atomic E-state index is -0.217. The number of urea groups is 1. The number of benzene rings is 3. The lowest BCUT2D eigenvalue weighted by Gasteiger charge is -2.28. The van der Waals surface area contributed by atoms with Gasteiger partial charge in [-0.25, -0.2) is 13.9 Å². The van der Waals surface area contributed by atoms with Crippen LogP contribution in [0.2, 0.25) is 0 Å². The number of hydrogen-bond acceptors (Lipinski definition) is 4. The molecule has 37 heavy (non-hydrogen) atoms. The number of rotatable bonds is 7. The molecule has 5 rings (SSSR count). The van der Waals surface area contributed by atoms with Gasteiger partial charge >= 0.3 is 6.03 Å². The van der Waals surface area contributed by atoms with Crippen molar-refractivity contribution in [1.29, 1.82) is 0 Å². The number of hydrogen-bond donors (Lipinski definition) is 1. The van der Waals surface area contributed by atoms with Crippen LogP contribution in [0.25, 0.3) is 5.69 Å². The van der Waals surface area contributed by atoms with E-state index < -0.39 is 0 Å². The Kier molecular flexibility index (Phi) is 7.18. The van der Waals surface area contributed by atoms with Crippen molar-refractivity contribution in [2.75, 3.05) is 26.0 Å². The van der Waals surface area contributed by atoms with Crippen LogP contribution in [0.3, 0.4) is 0 Å². The number of aromatic nitrogens is 2. The van der Waals surface area contributed by atoms with Crippen LogP contribution < -0.4 is 10.1 Å². The van der Waals surface area contributed by atoms with E-state index in [0.29, 0.717) is 25.2 Å². The summed E-state index contributed by atoms with van der Waals surface area (Å²) < 4.78 is 21.9. The standard InChI is InChI=1S/C29H30FN5O2/c1-33(29(36)31-22-11-4-3-5-12-22)20-25-23-19-34(18-21-10-6-7-13-24(21)30)17-16-26(23)35(32-25)27-14-8-9-15-28(27)37-2/h3-15H,16-20H2,1-2H3,(H,31,36). The number of amides is 2. The molecule has 8 heteroatoms. The van der Waals surface area contributed by atoms with E-state index in [-0.39, 0.29) is 11.8 Å². The molecule has 0 saturated heterocycles. The lowest BCUT2D eigenvalue weighted by Crippen LogP contribution is -2.33. The molecule has 0 atom stereocenters. The molecular weight excluding hydrogens is 469 g/mol. The van der Waals surface area contributed by atoms with Crippen LogP contribution in [0.4, 0.5) is 14.9 Å². The van der Waals surface area contributed by atoms with Crippen LogP contribution in [0.1, 0.15) is 22.5 Å². The average Bonchev–Trinajstić information content (AvgIpc) is 3.27. The quantitative estimate of drug-likeness (QED) is 0.378. The second-order valence-electron chi connectivity index (χ2n) is 9.16. The Hall–Kier alpha value is -4.17. The molecule has 1 aliphatic heterocycles. The van der Waals surface area contributed by atoms with Crippen molar-refractivity contribution in [3.05, 3.63) is 107 Å². The van der Waals surface area contributed by atoms with Gasteiger partial charge in [-0.15, -0.1) is 0 Å². The van der Waals surface area contributed by atoms with Gasteiger partial charge in [0.05, 0.1) is 25.0 Å². The number of anilines is 1. The topological polar surface area (TPSA) is 62.6 Å². The van der Waals surface area contributed by atoms with Crippen LogP contribution in [0, 0.1) is 5.82 Å². The Balaban J connectivity index is 1.45. The summed E-state index contributed by atoms with van der Waals surface area (Å²) in [6, 6.07) is 23.8. The molecule has 1 aromatic heterocycles. The summed E-state index contributed by atoms with van der Waals surface area (Å²) in [5.74, 6) is 0.527. The summed E-state index contributed by atoms with van der Waals surface area (Å²) in [6.45, 7) is 2.22. The monoisotopic (exact) mass is 499 g/mol. The van der Waals surface area contributed by atoms with Gasteiger partial charge in [-0.1, -0.05) is 48.5 Å². The Morgan fingerprint density at radius 2 is 1.78 bits per heavy atom. The second-order valence-corrected chi connectivity index (χ2v) is 9.16. The van der Waals surface area contributed by atoms with Gasteiger partial charge in [0, 0.05) is 49.9 Å². The number of ether oxygens (including phenoxy) is 1. The highest BCUT2D eigenvalue weighted by atomic mass is 19.1. The highest BCUT2D eigenvalue weighted by Crippen LogP contribution is 2.31. The molecule has 0 saturated carbocycles. The predicted octanol–water partition coefficient (Wildman–Crippen LogP) is 5.24. The van der Waals surface area contributed by atoms with Crippen molar-refractivity contribution in [3.63, 3.8) is 0 Å². The number of halogens is 1. The van der Waals surface area contributed by atoms with Gasteiger partial charge < -0.3 is 15.0 Å². The summed E-state index contributed by atoms with van der Waals surface area (Å²) in [6.07, 6.45) is 0.745. The Labute approximate surface area is 216 Å². The van der Waals surface area contributed by atoms with Crippen molar-refractivity contribution in [2.45, 2.75) is 26.1 Å². The molecule has 1 aliphatic rings. The first-order valence-electron chi connectivity index (χ1n) is 12.3. The molecule has 0 bridgehead atoms. The van der Waals surface area contributed by atoms with E-state index in [1.165, 1.54) is 6.07 Å². The highest BCUT2D eigenvalue weighted by molar-refractivity contribution is 5.89. The Bertz CT molecular complexity index is 1390. The molecule has 7 nitrogen and oxygen atoms in total. The van der Waals surface area contributed by atoms with Gasteiger partial charge in [-0.05, 0) is 30.3 Å². The maximum absolute atomic E-state index is 14.4. The third-order valence-corrected chi connectivity index (χ3v) is 6.64. The van der Waals surface area contributed by atoms with Crippen molar-refractivity contribution in [1.82, 2.24) is 19.6 Å². The van der Waals surface area contributed by atoms with E-state index in [0.717, 1.165) is 47.0 Å². The van der Waals surface area contributed by atoms with E-state index in [9.17, 15) is 9.18 Å². The van der Waals surface area contributed by atoms with E-state index >= 15 is 0 Å². The molecule has 0 aliphatic carbocycles. The van der Waals surface area contributed by atoms with Crippen LogP contribution in [0.5, 0.6) is 5.75 Å². The van der Waals surface area contributed by atoms with Gasteiger partial charge in [-0.3, -0.25) is 4.90 Å². The number of para-hydroxylation sites is 3. The van der Waals surface area contributed by atoms with Gasteiger partial charge in [0.1, 0.15) is 17.3 Å². The zero-order chi connectivity index (χ0) is 25.8. The third kappa shape index (κ3) is 5.34. The second kappa shape index (κ2) is 10.8. The molecule has 0 radical (unpaired) electrons. The summed E-state index contributed by atoms with van der Waals surface area (Å²) in [7, 11) is 3.40. The molecule has 1 N–H and O–H groups in total. The van der Waals surface area contributed by atoms with Gasteiger partial charge in [0.15, 0.2) is 0 Å². The first-order valence-corrected chi connectivity index (χ1v) is 12.3. The lowest BCUT2D eigenvalue weighted by atomic mass is 10.0. The average molecular weight is 500 g/mol. The number of carbonyl (C=O) groups excluding carboxylic acids is 1. The van der Waals surface area contributed by atoms with E-state index in [2.05, 4.69) is 10.2 Å². The van der Waals surface area contributed by atoms with Crippen LogP contribution >= 0.6 is 0 Å². The minimum Gasteiger partial charge on any atom is -0.494 e. The van der Waals surface area contributed by atoms with Crippen LogP contribution in [-0.4, -0.2) is 46.3 Å². The van der Waals surface area contributed by atoms with E-state index in [4.69, 9.17) is 9.84 Å². The molecular formula is C29H30FN5O2. The van der Waals surface area contributed by atoms with Crippen molar-refractivity contribution >= 4 is 11.7 Å². The summed E-state index contributed by atoms with van der Waals surface area (Å²) in [4.78, 5) is 16.8. The largest absolute Gasteiger partial charge is 0.494 e. The first-order chi connectivity index (χ1) is 18.0. The molecule has 3 aromatic carbocycles. The van der Waals surface area contributed by atoms with Crippen molar-refractivity contribution < 1.29 is 13.9 Å². The Morgan fingerprint density at radius 1 is 1.05 bits per heavy atom. The van der Waals surface area contributed by atoms with E-state index in [1.807, 2.05) is 71.4 Å². The highest BCUT2D eigenvalue weighted by Gasteiger charge is 2.28. The summed E-state index contributed by atoms with van der Waals surface area (Å²) in [5, 5.41) is 7.90. The fourth-order valence-corrected chi connectivity index (χ4v) is 4.71. The SMILES string of the molecule is COc1ccccc1-n1nc(CN(C)C(=O)Nc2ccccc2)c2c1CCN(Cc1ccccc1F)C2. The zero-order valence-electron chi connectivity index (χ0n) is 21.0. The minimum absolute atomic E-state index is 0.199. The fourth-order valence-electron chi connectivity index (χ4n) is 4.71. The number of nitrogens with one attached hydrogen (secondary N) is 1. The molecule has 190 valence electrons. The molecule has 2 amide bonds. The molecule has 0 unspecified atom stereocenters. The smallest absolute Gasteiger partial charge is 0.321 e. The third-order valence-electron chi connectivity index (χ3n) is 6.64. The lowest BCUT2D eigenvalue weighted by molar-refractivity contribution is 0.218. The maximum atomic E-state index is 14.4. The fraction of sp³-hybridized carbons (Fsp3) is 0.241. The van der Waals surface area contributed by atoms with Crippen molar-refractivity contribution in [2.24, 2.45) is 0 Å². The Morgan fingerprint density at radius 3 is 2.57 bits per heavy atom. The van der Waals surface area contributed by atoms with Crippen molar-refractivity contribution in [3.8, 4) is 11.4 Å². The number of carbonyl (C=O) groups is 1.